The van der Waals surface area contributed by atoms with Gasteiger partial charge >= 0.3 is 6.09 Å². The number of hydrogen-bond donors (Lipinski definition) is 4. The SMILES string of the molecule is CCC[C@H](NC(=O)[C@@H]1C2CC(C)(C)CC2CN1C(=O)[C@@H](NC(=O)OC(C)(C)C)C(C)(C)C)C(=O)C(=O)NCC(=O)NC(C(=O)N(C)C)c1ccccc1. The minimum atomic E-state index is -1.22. The highest BCUT2D eigenvalue weighted by molar-refractivity contribution is 6.38. The summed E-state index contributed by atoms with van der Waals surface area (Å²) in [5.41, 5.74) is -1.05. The molecule has 1 aromatic carbocycles. The van der Waals surface area contributed by atoms with E-state index >= 15 is 0 Å². The van der Waals surface area contributed by atoms with Gasteiger partial charge in [-0.25, -0.2) is 4.79 Å². The average molecular weight is 741 g/mol. The smallest absolute Gasteiger partial charge is 0.408 e. The standard InChI is InChI=1S/C39H60N6O8/c1-12-16-26(30(47)33(49)40-21-27(46)42-28(34(50)44(10)11)23-17-14-13-15-18-23)41-32(48)29-25-20-39(8,9)19-24(25)22-45(29)35(51)31(37(2,3)4)43-36(52)53-38(5,6)7/h13-15,17-18,24-26,28-29,31H,12,16,19-22H2,1-11H3,(H,40,49)(H,41,48)(H,42,46)(H,43,52)/t24?,25?,26-,28?,29-,31+/m0/s1. The molecule has 294 valence electrons. The number of rotatable bonds is 13. The lowest BCUT2D eigenvalue weighted by molar-refractivity contribution is -0.145. The van der Waals surface area contributed by atoms with Crippen molar-refractivity contribution in [1.29, 1.82) is 0 Å². The Kier molecular flexibility index (Phi) is 13.9. The van der Waals surface area contributed by atoms with E-state index in [2.05, 4.69) is 35.1 Å². The Hall–Kier alpha value is -4.49. The summed E-state index contributed by atoms with van der Waals surface area (Å²) < 4.78 is 5.46. The summed E-state index contributed by atoms with van der Waals surface area (Å²) in [6, 6.07) is 4.47. The maximum atomic E-state index is 14.3. The van der Waals surface area contributed by atoms with Gasteiger partial charge in [-0.2, -0.15) is 0 Å². The molecule has 1 saturated carbocycles. The average Bonchev–Trinajstić information content (AvgIpc) is 3.54. The molecule has 3 rings (SSSR count). The normalized spacial score (nSPS) is 21.0. The van der Waals surface area contributed by atoms with Crippen LogP contribution in [-0.4, -0.2) is 102 Å². The van der Waals surface area contributed by atoms with Crippen molar-refractivity contribution < 1.29 is 38.3 Å². The van der Waals surface area contributed by atoms with Gasteiger partial charge in [0.1, 0.15) is 23.7 Å². The summed E-state index contributed by atoms with van der Waals surface area (Å²) in [5, 5.41) is 10.5. The summed E-state index contributed by atoms with van der Waals surface area (Å²) in [4.78, 5) is 96.6. The lowest BCUT2D eigenvalue weighted by atomic mass is 9.84. The molecule has 2 fully saturated rings. The van der Waals surface area contributed by atoms with Crippen molar-refractivity contribution in [2.75, 3.05) is 27.2 Å². The zero-order valence-corrected chi connectivity index (χ0v) is 33.3. The van der Waals surface area contributed by atoms with Gasteiger partial charge < -0.3 is 35.8 Å². The topological polar surface area (TPSA) is 183 Å². The van der Waals surface area contributed by atoms with E-state index in [1.807, 2.05) is 20.8 Å². The number of carbonyl (C=O) groups excluding carboxylic acids is 7. The Morgan fingerprint density at radius 2 is 1.55 bits per heavy atom. The number of ketones is 1. The molecule has 0 spiro atoms. The first kappa shape index (κ1) is 42.9. The lowest BCUT2D eigenvalue weighted by Crippen LogP contribution is -2.60. The molecule has 6 amide bonds. The van der Waals surface area contributed by atoms with Crippen LogP contribution in [0, 0.1) is 22.7 Å². The summed E-state index contributed by atoms with van der Waals surface area (Å²) in [6.45, 7) is 16.4. The number of Topliss-reactive ketones (excluding diaryl/α,β-unsaturated/α-hetero) is 1. The summed E-state index contributed by atoms with van der Waals surface area (Å²) in [7, 11) is 3.12. The highest BCUT2D eigenvalue weighted by Crippen LogP contribution is 2.51. The van der Waals surface area contributed by atoms with Gasteiger partial charge in [-0.3, -0.25) is 28.8 Å². The lowest BCUT2D eigenvalue weighted by Gasteiger charge is -2.37. The van der Waals surface area contributed by atoms with Crippen molar-refractivity contribution in [3.8, 4) is 0 Å². The minimum absolute atomic E-state index is 0.0214. The second-order valence-electron chi connectivity index (χ2n) is 17.4. The molecule has 1 aliphatic carbocycles. The highest BCUT2D eigenvalue weighted by Gasteiger charge is 2.56. The summed E-state index contributed by atoms with van der Waals surface area (Å²) in [6.07, 6.45) is 1.30. The Bertz CT molecular complexity index is 1530. The second-order valence-corrected chi connectivity index (χ2v) is 17.4. The third-order valence-electron chi connectivity index (χ3n) is 9.68. The molecule has 3 unspecified atom stereocenters. The van der Waals surface area contributed by atoms with E-state index in [0.29, 0.717) is 24.9 Å². The van der Waals surface area contributed by atoms with E-state index < -0.39 is 77.2 Å². The van der Waals surface area contributed by atoms with E-state index in [4.69, 9.17) is 4.74 Å². The summed E-state index contributed by atoms with van der Waals surface area (Å²) in [5.74, 6) is -4.23. The molecule has 6 atom stereocenters. The second kappa shape index (κ2) is 17.1. The molecule has 1 aromatic rings. The van der Waals surface area contributed by atoms with Crippen LogP contribution in [0.3, 0.4) is 0 Å². The van der Waals surface area contributed by atoms with E-state index in [1.165, 1.54) is 9.80 Å². The largest absolute Gasteiger partial charge is 0.444 e. The van der Waals surface area contributed by atoms with Crippen LogP contribution in [0.15, 0.2) is 30.3 Å². The van der Waals surface area contributed by atoms with Crippen molar-refractivity contribution >= 4 is 41.4 Å². The number of likely N-dealkylation sites (N-methyl/N-ethyl adjacent to an activating group) is 1. The van der Waals surface area contributed by atoms with Crippen molar-refractivity contribution in [1.82, 2.24) is 31.1 Å². The van der Waals surface area contributed by atoms with Gasteiger partial charge in [-0.05, 0) is 68.3 Å². The van der Waals surface area contributed by atoms with Crippen LogP contribution >= 0.6 is 0 Å². The van der Waals surface area contributed by atoms with Gasteiger partial charge in [0, 0.05) is 20.6 Å². The molecule has 4 N–H and O–H groups in total. The van der Waals surface area contributed by atoms with E-state index in [-0.39, 0.29) is 29.6 Å². The fourth-order valence-corrected chi connectivity index (χ4v) is 7.34. The predicted octanol–water partition coefficient (Wildman–Crippen LogP) is 3.10. The van der Waals surface area contributed by atoms with Crippen LogP contribution in [0.25, 0.3) is 0 Å². The number of carbonyl (C=O) groups is 7. The van der Waals surface area contributed by atoms with E-state index in [1.54, 1.807) is 72.1 Å². The van der Waals surface area contributed by atoms with Crippen LogP contribution in [0.2, 0.25) is 0 Å². The monoisotopic (exact) mass is 740 g/mol. The van der Waals surface area contributed by atoms with Gasteiger partial charge in [-0.1, -0.05) is 78.3 Å². The molecule has 0 bridgehead atoms. The predicted molar refractivity (Wildman–Crippen MR) is 199 cm³/mol. The number of amides is 6. The number of nitrogens with zero attached hydrogens (tertiary/aromatic N) is 2. The number of nitrogens with one attached hydrogen (secondary N) is 4. The fourth-order valence-electron chi connectivity index (χ4n) is 7.34. The third-order valence-corrected chi connectivity index (χ3v) is 9.68. The molecule has 53 heavy (non-hydrogen) atoms. The van der Waals surface area contributed by atoms with Gasteiger partial charge in [0.05, 0.1) is 12.6 Å². The molecule has 2 aliphatic rings. The molecule has 1 aliphatic heterocycles. The quantitative estimate of drug-likeness (QED) is 0.223. The minimum Gasteiger partial charge on any atom is -0.444 e. The summed E-state index contributed by atoms with van der Waals surface area (Å²) >= 11 is 0. The molecule has 0 radical (unpaired) electrons. The maximum absolute atomic E-state index is 14.3. The molecule has 0 aromatic heterocycles. The van der Waals surface area contributed by atoms with Crippen molar-refractivity contribution in [2.45, 2.75) is 118 Å². The maximum Gasteiger partial charge on any atom is 0.408 e. The van der Waals surface area contributed by atoms with Gasteiger partial charge in [0.15, 0.2) is 0 Å². The first-order valence-electron chi connectivity index (χ1n) is 18.4. The number of likely N-dealkylation sites (tertiary alicyclic amines) is 1. The van der Waals surface area contributed by atoms with Crippen molar-refractivity contribution in [3.05, 3.63) is 35.9 Å². The first-order valence-corrected chi connectivity index (χ1v) is 18.4. The van der Waals surface area contributed by atoms with Crippen molar-refractivity contribution in [2.24, 2.45) is 22.7 Å². The van der Waals surface area contributed by atoms with Crippen LogP contribution in [0.1, 0.15) is 99.6 Å². The molecule has 14 nitrogen and oxygen atoms in total. The van der Waals surface area contributed by atoms with Gasteiger partial charge in [0.25, 0.3) is 5.91 Å². The van der Waals surface area contributed by atoms with Crippen LogP contribution in [0.4, 0.5) is 4.79 Å². The third kappa shape index (κ3) is 11.5. The first-order chi connectivity index (χ1) is 24.5. The Morgan fingerprint density at radius 1 is 0.925 bits per heavy atom. The van der Waals surface area contributed by atoms with Crippen LogP contribution in [-0.2, 0) is 33.5 Å². The number of alkyl carbamates (subject to hydrolysis) is 1. The Balaban J connectivity index is 1.78. The van der Waals surface area contributed by atoms with Gasteiger partial charge in [-0.15, -0.1) is 0 Å². The molecule has 1 saturated heterocycles. The zero-order chi connectivity index (χ0) is 40.1. The Labute approximate surface area is 313 Å². The highest BCUT2D eigenvalue weighted by atomic mass is 16.6. The van der Waals surface area contributed by atoms with E-state index in [0.717, 1.165) is 6.42 Å². The zero-order valence-electron chi connectivity index (χ0n) is 33.3. The number of fused-ring (bicyclic) bond motifs is 1. The molecule has 1 heterocycles. The van der Waals surface area contributed by atoms with Crippen LogP contribution < -0.4 is 21.3 Å². The van der Waals surface area contributed by atoms with E-state index in [9.17, 15) is 33.6 Å². The molecular formula is C39H60N6O8. The number of benzene rings is 1. The fraction of sp³-hybridized carbons (Fsp3) is 0.667. The van der Waals surface area contributed by atoms with Crippen molar-refractivity contribution in [3.63, 3.8) is 0 Å². The number of ether oxygens (including phenoxy) is 1. The molecular weight excluding hydrogens is 680 g/mol. The Morgan fingerprint density at radius 3 is 2.09 bits per heavy atom. The molecule has 14 heteroatoms. The van der Waals surface area contributed by atoms with Crippen LogP contribution in [0.5, 0.6) is 0 Å². The number of hydrogen-bond acceptors (Lipinski definition) is 8. The van der Waals surface area contributed by atoms with Gasteiger partial charge in [0.2, 0.25) is 29.4 Å².